The Hall–Kier alpha value is -3.15. The summed E-state index contributed by atoms with van der Waals surface area (Å²) in [6.07, 6.45) is 4.29. The lowest BCUT2D eigenvalue weighted by molar-refractivity contribution is 0.913. The summed E-state index contributed by atoms with van der Waals surface area (Å²) in [6, 6.07) is 16.0. The van der Waals surface area contributed by atoms with Crippen molar-refractivity contribution < 1.29 is 0 Å². The molecule has 0 saturated heterocycles. The van der Waals surface area contributed by atoms with Crippen LogP contribution in [0.3, 0.4) is 0 Å². The molecule has 3 aromatic rings. The second-order valence-corrected chi connectivity index (χ2v) is 5.65. The van der Waals surface area contributed by atoms with Crippen molar-refractivity contribution in [1.82, 2.24) is 15.0 Å². The predicted octanol–water partition coefficient (Wildman–Crippen LogP) is 3.61. The minimum atomic E-state index is 0.525. The molecule has 2 heterocycles. The Kier molecular flexibility index (Phi) is 5.41. The fourth-order valence-electron chi connectivity index (χ4n) is 2.53. The molecule has 3 N–H and O–H groups in total. The number of aromatic nitrogens is 3. The third kappa shape index (κ3) is 4.03. The molecule has 0 bridgehead atoms. The van der Waals surface area contributed by atoms with Gasteiger partial charge in [0, 0.05) is 12.7 Å². The van der Waals surface area contributed by atoms with Crippen LogP contribution in [-0.2, 0) is 6.54 Å². The molecule has 0 aliphatic carbocycles. The number of hydrogen-bond donors (Lipinski definition) is 2. The van der Waals surface area contributed by atoms with Crippen LogP contribution in [0.15, 0.2) is 61.1 Å². The van der Waals surface area contributed by atoms with E-state index in [1.165, 1.54) is 6.33 Å². The van der Waals surface area contributed by atoms with Crippen molar-refractivity contribution in [2.75, 3.05) is 22.5 Å². The molecule has 0 radical (unpaired) electrons. The summed E-state index contributed by atoms with van der Waals surface area (Å²) in [5.74, 6) is 2.09. The Labute approximate surface area is 147 Å². The van der Waals surface area contributed by atoms with Gasteiger partial charge in [-0.05, 0) is 24.1 Å². The molecule has 0 aliphatic rings. The van der Waals surface area contributed by atoms with Crippen molar-refractivity contribution in [3.05, 3.63) is 66.6 Å². The topological polar surface area (TPSA) is 80.0 Å². The highest BCUT2D eigenvalue weighted by molar-refractivity contribution is 5.78. The van der Waals surface area contributed by atoms with Crippen LogP contribution in [0.4, 0.5) is 23.1 Å². The highest BCUT2D eigenvalue weighted by atomic mass is 15.3. The lowest BCUT2D eigenvalue weighted by atomic mass is 10.2. The molecule has 6 heteroatoms. The van der Waals surface area contributed by atoms with E-state index in [1.807, 2.05) is 41.3 Å². The molecular formula is C19H22N6. The van der Waals surface area contributed by atoms with E-state index in [2.05, 4.69) is 39.3 Å². The molecule has 0 atom stereocenters. The third-order valence-electron chi connectivity index (χ3n) is 3.77. The molecule has 0 fully saturated rings. The Morgan fingerprint density at radius 3 is 2.52 bits per heavy atom. The van der Waals surface area contributed by atoms with E-state index < -0.39 is 0 Å². The maximum Gasteiger partial charge on any atom is 0.163 e. The molecule has 25 heavy (non-hydrogen) atoms. The first-order valence-corrected chi connectivity index (χ1v) is 8.36. The highest BCUT2D eigenvalue weighted by Gasteiger charge is 2.18. The Morgan fingerprint density at radius 1 is 1.00 bits per heavy atom. The van der Waals surface area contributed by atoms with Crippen LogP contribution < -0.4 is 16.0 Å². The monoisotopic (exact) mass is 334 g/mol. The van der Waals surface area contributed by atoms with Crippen molar-refractivity contribution >= 4 is 23.1 Å². The zero-order valence-electron chi connectivity index (χ0n) is 14.3. The number of rotatable bonds is 7. The van der Waals surface area contributed by atoms with Crippen molar-refractivity contribution in [1.29, 1.82) is 0 Å². The molecular weight excluding hydrogens is 312 g/mol. The number of hydrogen-bond acceptors (Lipinski definition) is 6. The van der Waals surface area contributed by atoms with Crippen LogP contribution in [0.2, 0.25) is 0 Å². The molecule has 0 amide bonds. The van der Waals surface area contributed by atoms with Gasteiger partial charge in [0.15, 0.2) is 11.6 Å². The van der Waals surface area contributed by atoms with Crippen molar-refractivity contribution in [2.45, 2.75) is 19.9 Å². The molecule has 128 valence electrons. The molecule has 6 nitrogen and oxygen atoms in total. The summed E-state index contributed by atoms with van der Waals surface area (Å²) in [5, 5.41) is 3.25. The maximum atomic E-state index is 6.36. The Morgan fingerprint density at radius 2 is 1.80 bits per heavy atom. The summed E-state index contributed by atoms with van der Waals surface area (Å²) in [5.41, 5.74) is 8.03. The van der Waals surface area contributed by atoms with Gasteiger partial charge >= 0.3 is 0 Å². The van der Waals surface area contributed by atoms with E-state index in [0.717, 1.165) is 24.3 Å². The van der Waals surface area contributed by atoms with Gasteiger partial charge in [0.05, 0.1) is 6.54 Å². The SMILES string of the molecule is CCCNc1ncnc(N(Cc2ccccc2)c2ccccn2)c1N. The first-order chi connectivity index (χ1) is 12.3. The number of nitrogens with two attached hydrogens (primary N) is 1. The number of nitrogen functional groups attached to an aromatic ring is 1. The van der Waals surface area contributed by atoms with E-state index in [4.69, 9.17) is 5.73 Å². The summed E-state index contributed by atoms with van der Waals surface area (Å²) in [4.78, 5) is 15.2. The summed E-state index contributed by atoms with van der Waals surface area (Å²) in [7, 11) is 0. The quantitative estimate of drug-likeness (QED) is 0.687. The normalized spacial score (nSPS) is 10.4. The Balaban J connectivity index is 2.00. The largest absolute Gasteiger partial charge is 0.393 e. The maximum absolute atomic E-state index is 6.36. The zero-order chi connectivity index (χ0) is 17.5. The van der Waals surface area contributed by atoms with Gasteiger partial charge in [0.1, 0.15) is 17.8 Å². The first-order valence-electron chi connectivity index (χ1n) is 8.36. The van der Waals surface area contributed by atoms with E-state index >= 15 is 0 Å². The van der Waals surface area contributed by atoms with Gasteiger partial charge in [-0.25, -0.2) is 15.0 Å². The standard InChI is InChI=1S/C19H22N6/c1-2-11-22-18-17(20)19(24-14-23-18)25(16-10-6-7-12-21-16)13-15-8-4-3-5-9-15/h3-10,12,14H,2,11,13,20H2,1H3,(H,22,23,24). The van der Waals surface area contributed by atoms with E-state index in [-0.39, 0.29) is 0 Å². The second kappa shape index (κ2) is 8.10. The number of nitrogens with one attached hydrogen (secondary N) is 1. The summed E-state index contributed by atoms with van der Waals surface area (Å²) >= 11 is 0. The van der Waals surface area contributed by atoms with Gasteiger partial charge < -0.3 is 16.0 Å². The zero-order valence-corrected chi connectivity index (χ0v) is 14.3. The first kappa shape index (κ1) is 16.7. The Bertz CT molecular complexity index is 792. The van der Waals surface area contributed by atoms with Gasteiger partial charge in [0.25, 0.3) is 0 Å². The average Bonchev–Trinajstić information content (AvgIpc) is 2.67. The fourth-order valence-corrected chi connectivity index (χ4v) is 2.53. The smallest absolute Gasteiger partial charge is 0.163 e. The van der Waals surface area contributed by atoms with Crippen molar-refractivity contribution in [3.8, 4) is 0 Å². The van der Waals surface area contributed by atoms with Gasteiger partial charge in [-0.1, -0.05) is 43.3 Å². The van der Waals surface area contributed by atoms with Crippen LogP contribution in [-0.4, -0.2) is 21.5 Å². The van der Waals surface area contributed by atoms with Gasteiger partial charge in [0.2, 0.25) is 0 Å². The van der Waals surface area contributed by atoms with Gasteiger partial charge in [-0.3, -0.25) is 0 Å². The van der Waals surface area contributed by atoms with Crippen molar-refractivity contribution in [2.24, 2.45) is 0 Å². The molecule has 2 aromatic heterocycles. The van der Waals surface area contributed by atoms with E-state index in [9.17, 15) is 0 Å². The highest BCUT2D eigenvalue weighted by Crippen LogP contribution is 2.32. The van der Waals surface area contributed by atoms with Crippen molar-refractivity contribution in [3.63, 3.8) is 0 Å². The summed E-state index contributed by atoms with van der Waals surface area (Å²) in [6.45, 7) is 3.52. The minimum absolute atomic E-state index is 0.525. The van der Waals surface area contributed by atoms with Gasteiger partial charge in [-0.2, -0.15) is 0 Å². The van der Waals surface area contributed by atoms with Crippen LogP contribution in [0.5, 0.6) is 0 Å². The lowest BCUT2D eigenvalue weighted by Gasteiger charge is -2.24. The predicted molar refractivity (Wildman–Crippen MR) is 102 cm³/mol. The average molecular weight is 334 g/mol. The van der Waals surface area contributed by atoms with Crippen LogP contribution >= 0.6 is 0 Å². The van der Waals surface area contributed by atoms with Crippen LogP contribution in [0.1, 0.15) is 18.9 Å². The molecule has 0 unspecified atom stereocenters. The number of pyridine rings is 1. The number of benzene rings is 1. The van der Waals surface area contributed by atoms with Crippen LogP contribution in [0, 0.1) is 0 Å². The van der Waals surface area contributed by atoms with E-state index in [0.29, 0.717) is 23.9 Å². The minimum Gasteiger partial charge on any atom is -0.393 e. The third-order valence-corrected chi connectivity index (χ3v) is 3.77. The fraction of sp³-hybridized carbons (Fsp3) is 0.211. The van der Waals surface area contributed by atoms with Crippen LogP contribution in [0.25, 0.3) is 0 Å². The second-order valence-electron chi connectivity index (χ2n) is 5.65. The van der Waals surface area contributed by atoms with E-state index in [1.54, 1.807) is 6.20 Å². The number of anilines is 4. The molecule has 0 saturated carbocycles. The number of nitrogens with zero attached hydrogens (tertiary/aromatic N) is 4. The molecule has 1 aromatic carbocycles. The molecule has 0 spiro atoms. The lowest BCUT2D eigenvalue weighted by Crippen LogP contribution is -2.21. The molecule has 3 rings (SSSR count). The summed E-state index contributed by atoms with van der Waals surface area (Å²) < 4.78 is 0. The van der Waals surface area contributed by atoms with Gasteiger partial charge in [-0.15, -0.1) is 0 Å². The molecule has 0 aliphatic heterocycles.